The average molecular weight is 276 g/mol. The maximum absolute atomic E-state index is 5.53. The number of nitrogens with zero attached hydrogens (tertiary/aromatic N) is 5. The van der Waals surface area contributed by atoms with Crippen molar-refractivity contribution in [1.82, 2.24) is 24.7 Å². The van der Waals surface area contributed by atoms with Gasteiger partial charge in [-0.3, -0.25) is 4.68 Å². The number of aryl methyl sites for hydroxylation is 2. The fourth-order valence-electron chi connectivity index (χ4n) is 1.68. The number of ether oxygens (including phenoxy) is 1. The van der Waals surface area contributed by atoms with Crippen molar-refractivity contribution in [3.8, 4) is 5.88 Å². The molecule has 0 saturated carbocycles. The summed E-state index contributed by atoms with van der Waals surface area (Å²) in [6.45, 7) is 5.33. The lowest BCUT2D eigenvalue weighted by atomic mass is 10.4. The second-order valence-corrected chi connectivity index (χ2v) is 4.53. The first-order chi connectivity index (χ1) is 9.67. The second kappa shape index (κ2) is 6.83. The van der Waals surface area contributed by atoms with Crippen molar-refractivity contribution in [2.24, 2.45) is 7.05 Å². The molecule has 7 nitrogen and oxygen atoms in total. The SMILES string of the molecule is CCCOc1cc(C)nc(NCCc2ncn(C)n2)n1. The van der Waals surface area contributed by atoms with Gasteiger partial charge in [-0.15, -0.1) is 0 Å². The highest BCUT2D eigenvalue weighted by molar-refractivity contribution is 5.30. The summed E-state index contributed by atoms with van der Waals surface area (Å²) in [6.07, 6.45) is 3.37. The van der Waals surface area contributed by atoms with Crippen molar-refractivity contribution in [2.75, 3.05) is 18.5 Å². The van der Waals surface area contributed by atoms with Crippen LogP contribution in [0.3, 0.4) is 0 Å². The van der Waals surface area contributed by atoms with Crippen LogP contribution in [0.2, 0.25) is 0 Å². The molecule has 7 heteroatoms. The van der Waals surface area contributed by atoms with E-state index in [9.17, 15) is 0 Å². The molecular formula is C13H20N6O. The molecule has 108 valence electrons. The Morgan fingerprint density at radius 3 is 2.90 bits per heavy atom. The maximum atomic E-state index is 5.53. The highest BCUT2D eigenvalue weighted by atomic mass is 16.5. The summed E-state index contributed by atoms with van der Waals surface area (Å²) in [7, 11) is 1.85. The van der Waals surface area contributed by atoms with Crippen molar-refractivity contribution in [3.63, 3.8) is 0 Å². The minimum Gasteiger partial charge on any atom is -0.478 e. The van der Waals surface area contributed by atoms with Crippen LogP contribution in [0.15, 0.2) is 12.4 Å². The lowest BCUT2D eigenvalue weighted by Crippen LogP contribution is -2.10. The van der Waals surface area contributed by atoms with Crippen LogP contribution >= 0.6 is 0 Å². The van der Waals surface area contributed by atoms with E-state index in [1.54, 1.807) is 11.0 Å². The maximum Gasteiger partial charge on any atom is 0.226 e. The minimum absolute atomic E-state index is 0.576. The Balaban J connectivity index is 1.89. The number of hydrogen-bond acceptors (Lipinski definition) is 6. The third-order valence-corrected chi connectivity index (χ3v) is 2.56. The van der Waals surface area contributed by atoms with E-state index in [0.29, 0.717) is 25.0 Å². The molecule has 0 bridgehead atoms. The first-order valence-electron chi connectivity index (χ1n) is 6.74. The molecule has 0 aliphatic heterocycles. The highest BCUT2D eigenvalue weighted by Gasteiger charge is 2.04. The molecular weight excluding hydrogens is 256 g/mol. The summed E-state index contributed by atoms with van der Waals surface area (Å²) in [5.41, 5.74) is 0.879. The van der Waals surface area contributed by atoms with Gasteiger partial charge >= 0.3 is 0 Å². The molecule has 0 aliphatic carbocycles. The van der Waals surface area contributed by atoms with Gasteiger partial charge in [-0.25, -0.2) is 9.97 Å². The summed E-state index contributed by atoms with van der Waals surface area (Å²) in [5.74, 6) is 1.99. The van der Waals surface area contributed by atoms with Crippen LogP contribution in [0.1, 0.15) is 24.9 Å². The van der Waals surface area contributed by atoms with Gasteiger partial charge in [-0.2, -0.15) is 10.1 Å². The van der Waals surface area contributed by atoms with E-state index in [4.69, 9.17) is 4.74 Å². The molecule has 0 atom stereocenters. The first-order valence-corrected chi connectivity index (χ1v) is 6.74. The summed E-state index contributed by atoms with van der Waals surface area (Å²) in [4.78, 5) is 12.8. The monoisotopic (exact) mass is 276 g/mol. The Morgan fingerprint density at radius 2 is 2.20 bits per heavy atom. The molecule has 20 heavy (non-hydrogen) atoms. The van der Waals surface area contributed by atoms with Crippen LogP contribution in [0, 0.1) is 6.92 Å². The van der Waals surface area contributed by atoms with Gasteiger partial charge in [0, 0.05) is 31.8 Å². The lowest BCUT2D eigenvalue weighted by molar-refractivity contribution is 0.305. The van der Waals surface area contributed by atoms with E-state index in [1.807, 2.05) is 20.0 Å². The van der Waals surface area contributed by atoms with E-state index in [1.165, 1.54) is 0 Å². The van der Waals surface area contributed by atoms with Gasteiger partial charge in [-0.1, -0.05) is 6.92 Å². The van der Waals surface area contributed by atoms with Crippen LogP contribution in [0.25, 0.3) is 0 Å². The highest BCUT2D eigenvalue weighted by Crippen LogP contribution is 2.12. The first kappa shape index (κ1) is 14.2. The summed E-state index contributed by atoms with van der Waals surface area (Å²) < 4.78 is 7.22. The number of rotatable bonds is 7. The summed E-state index contributed by atoms with van der Waals surface area (Å²) in [6, 6.07) is 1.83. The van der Waals surface area contributed by atoms with Gasteiger partial charge in [0.1, 0.15) is 6.33 Å². The third kappa shape index (κ3) is 4.18. The summed E-state index contributed by atoms with van der Waals surface area (Å²) in [5, 5.41) is 7.39. The molecule has 0 radical (unpaired) electrons. The standard InChI is InChI=1S/C13H20N6O/c1-4-7-20-12-8-10(2)16-13(17-12)14-6-5-11-15-9-19(3)18-11/h8-9H,4-7H2,1-3H3,(H,14,16,17). The van der Waals surface area contributed by atoms with Crippen LogP contribution in [0.4, 0.5) is 5.95 Å². The van der Waals surface area contributed by atoms with Crippen LogP contribution in [-0.4, -0.2) is 37.9 Å². The molecule has 2 rings (SSSR count). The Labute approximate surface area is 118 Å². The Morgan fingerprint density at radius 1 is 1.35 bits per heavy atom. The molecule has 0 unspecified atom stereocenters. The fourth-order valence-corrected chi connectivity index (χ4v) is 1.68. The zero-order valence-electron chi connectivity index (χ0n) is 12.1. The topological polar surface area (TPSA) is 77.8 Å². The number of nitrogens with one attached hydrogen (secondary N) is 1. The van der Waals surface area contributed by atoms with Crippen molar-refractivity contribution >= 4 is 5.95 Å². The van der Waals surface area contributed by atoms with Gasteiger partial charge in [0.2, 0.25) is 11.8 Å². The normalized spacial score (nSPS) is 10.6. The van der Waals surface area contributed by atoms with Crippen molar-refractivity contribution in [1.29, 1.82) is 0 Å². The van der Waals surface area contributed by atoms with Crippen molar-refractivity contribution < 1.29 is 4.74 Å². The molecule has 0 amide bonds. The zero-order valence-corrected chi connectivity index (χ0v) is 12.1. The number of aromatic nitrogens is 5. The Bertz CT molecular complexity index is 554. The molecule has 0 aliphatic rings. The average Bonchev–Trinajstić information content (AvgIpc) is 2.81. The van der Waals surface area contributed by atoms with Gasteiger partial charge in [0.05, 0.1) is 6.61 Å². The largest absolute Gasteiger partial charge is 0.478 e. The van der Waals surface area contributed by atoms with E-state index in [0.717, 1.165) is 24.4 Å². The molecule has 2 heterocycles. The number of hydrogen-bond donors (Lipinski definition) is 1. The van der Waals surface area contributed by atoms with E-state index in [2.05, 4.69) is 32.3 Å². The van der Waals surface area contributed by atoms with Gasteiger partial charge in [0.15, 0.2) is 5.82 Å². The Kier molecular flexibility index (Phi) is 4.86. The number of anilines is 1. The predicted molar refractivity (Wildman–Crippen MR) is 75.8 cm³/mol. The lowest BCUT2D eigenvalue weighted by Gasteiger charge is -2.08. The van der Waals surface area contributed by atoms with Gasteiger partial charge in [0.25, 0.3) is 0 Å². The van der Waals surface area contributed by atoms with Crippen LogP contribution < -0.4 is 10.1 Å². The molecule has 0 aromatic carbocycles. The smallest absolute Gasteiger partial charge is 0.226 e. The summed E-state index contributed by atoms with van der Waals surface area (Å²) >= 11 is 0. The zero-order chi connectivity index (χ0) is 14.4. The van der Waals surface area contributed by atoms with E-state index in [-0.39, 0.29) is 0 Å². The van der Waals surface area contributed by atoms with E-state index >= 15 is 0 Å². The van der Waals surface area contributed by atoms with Gasteiger partial charge in [-0.05, 0) is 13.3 Å². The quantitative estimate of drug-likeness (QED) is 0.822. The third-order valence-electron chi connectivity index (χ3n) is 2.56. The van der Waals surface area contributed by atoms with Crippen LogP contribution in [-0.2, 0) is 13.5 Å². The van der Waals surface area contributed by atoms with Crippen molar-refractivity contribution in [2.45, 2.75) is 26.7 Å². The minimum atomic E-state index is 0.576. The molecule has 2 aromatic heterocycles. The van der Waals surface area contributed by atoms with E-state index < -0.39 is 0 Å². The van der Waals surface area contributed by atoms with Gasteiger partial charge < -0.3 is 10.1 Å². The molecule has 2 aromatic rings. The predicted octanol–water partition coefficient (Wildman–Crippen LogP) is 1.36. The van der Waals surface area contributed by atoms with Crippen molar-refractivity contribution in [3.05, 3.63) is 23.9 Å². The molecule has 0 spiro atoms. The molecule has 0 fully saturated rings. The molecule has 1 N–H and O–H groups in total. The second-order valence-electron chi connectivity index (χ2n) is 4.53. The molecule has 0 saturated heterocycles. The fraction of sp³-hybridized carbons (Fsp3) is 0.538. The van der Waals surface area contributed by atoms with Crippen LogP contribution in [0.5, 0.6) is 5.88 Å². The Hall–Kier alpha value is -2.18.